The zero-order chi connectivity index (χ0) is 18.0. The minimum absolute atomic E-state index is 0.280. The molecule has 0 unspecified atom stereocenters. The van der Waals surface area contributed by atoms with E-state index in [0.717, 1.165) is 27.9 Å². The molecule has 0 saturated carbocycles. The van der Waals surface area contributed by atoms with E-state index in [0.29, 0.717) is 5.56 Å². The number of aromatic nitrogens is 2. The topological polar surface area (TPSA) is 59.3 Å². The van der Waals surface area contributed by atoms with E-state index < -0.39 is 5.82 Å². The van der Waals surface area contributed by atoms with Crippen molar-refractivity contribution in [3.63, 3.8) is 0 Å². The monoisotopic (exact) mass is 402 g/mol. The van der Waals surface area contributed by atoms with Gasteiger partial charge < -0.3 is 4.57 Å². The van der Waals surface area contributed by atoms with Crippen LogP contribution in [0.2, 0.25) is 0 Å². The van der Waals surface area contributed by atoms with Crippen molar-refractivity contribution in [2.75, 3.05) is 0 Å². The van der Waals surface area contributed by atoms with Gasteiger partial charge in [-0.25, -0.2) is 14.8 Å². The summed E-state index contributed by atoms with van der Waals surface area (Å²) in [5.74, 6) is 0.110. The molecule has 0 atom stereocenters. The summed E-state index contributed by atoms with van der Waals surface area (Å²) in [4.78, 5) is 16.7. The number of imidazole rings is 1. The normalized spacial score (nSPS) is 11.4. The molecule has 0 radical (unpaired) electrons. The first-order chi connectivity index (χ1) is 12.0. The minimum atomic E-state index is -0.414. The van der Waals surface area contributed by atoms with Crippen LogP contribution in [0.3, 0.4) is 0 Å². The Morgan fingerprint density at radius 1 is 1.36 bits per heavy atom. The fourth-order valence-electron chi connectivity index (χ4n) is 2.63. The lowest BCUT2D eigenvalue weighted by molar-refractivity contribution is 0.0955. The van der Waals surface area contributed by atoms with E-state index in [2.05, 4.69) is 36.0 Å². The minimum Gasteiger partial charge on any atom is -0.329 e. The first-order valence-electron chi connectivity index (χ1n) is 7.75. The lowest BCUT2D eigenvalue weighted by Crippen LogP contribution is -2.17. The Labute approximate surface area is 152 Å². The van der Waals surface area contributed by atoms with Crippen LogP contribution in [0.1, 0.15) is 28.7 Å². The van der Waals surface area contributed by atoms with Crippen molar-refractivity contribution >= 4 is 39.1 Å². The predicted molar refractivity (Wildman–Crippen MR) is 99.3 cm³/mol. The van der Waals surface area contributed by atoms with Crippen LogP contribution in [0, 0.1) is 12.7 Å². The highest BCUT2D eigenvalue weighted by atomic mass is 79.9. The summed E-state index contributed by atoms with van der Waals surface area (Å²) in [5.41, 5.74) is 4.87. The Morgan fingerprint density at radius 2 is 2.16 bits per heavy atom. The molecule has 0 aliphatic heterocycles. The molecule has 3 aromatic rings. The number of hydrogen-bond donors (Lipinski definition) is 1. The number of hydrazone groups is 1. The molecular weight excluding hydrogens is 387 g/mol. The fourth-order valence-corrected chi connectivity index (χ4v) is 3.01. The van der Waals surface area contributed by atoms with Crippen LogP contribution < -0.4 is 5.43 Å². The zero-order valence-electron chi connectivity index (χ0n) is 13.8. The molecule has 2 aromatic carbocycles. The Hall–Kier alpha value is -2.54. The maximum Gasteiger partial charge on any atom is 0.271 e. The van der Waals surface area contributed by atoms with Crippen LogP contribution in [0.4, 0.5) is 4.39 Å². The van der Waals surface area contributed by atoms with E-state index >= 15 is 0 Å². The van der Waals surface area contributed by atoms with Gasteiger partial charge in [0.15, 0.2) is 0 Å². The Kier molecular flexibility index (Phi) is 4.94. The van der Waals surface area contributed by atoms with Gasteiger partial charge in [0, 0.05) is 22.1 Å². The molecule has 128 valence electrons. The molecule has 5 nitrogen and oxygen atoms in total. The average Bonchev–Trinajstić information content (AvgIpc) is 2.91. The number of nitrogens with zero attached hydrogens (tertiary/aromatic N) is 3. The maximum atomic E-state index is 13.6. The predicted octanol–water partition coefficient (Wildman–Crippen LogP) is 4.03. The summed E-state index contributed by atoms with van der Waals surface area (Å²) in [7, 11) is 0. The van der Waals surface area contributed by atoms with Gasteiger partial charge in [0.1, 0.15) is 11.6 Å². The Balaban J connectivity index is 1.78. The van der Waals surface area contributed by atoms with Crippen LogP contribution in [0.15, 0.2) is 46.0 Å². The SMILES string of the molecule is CCn1c(C)nc2cc(C(=O)N/N=C\c3cc(Br)ccc3F)ccc21. The summed E-state index contributed by atoms with van der Waals surface area (Å²) in [6, 6.07) is 9.81. The summed E-state index contributed by atoms with van der Waals surface area (Å²) < 4.78 is 16.4. The molecule has 7 heteroatoms. The Bertz CT molecular complexity index is 981. The molecule has 25 heavy (non-hydrogen) atoms. The molecular formula is C18H16BrFN4O. The van der Waals surface area contributed by atoms with Crippen LogP contribution in [-0.2, 0) is 6.54 Å². The highest BCUT2D eigenvalue weighted by Crippen LogP contribution is 2.18. The third-order valence-electron chi connectivity index (χ3n) is 3.85. The first kappa shape index (κ1) is 17.3. The molecule has 1 N–H and O–H groups in total. The largest absolute Gasteiger partial charge is 0.329 e. The number of benzene rings is 2. The molecule has 3 rings (SSSR count). The second-order valence-corrected chi connectivity index (χ2v) is 6.39. The lowest BCUT2D eigenvalue weighted by atomic mass is 10.2. The molecule has 0 aliphatic rings. The van der Waals surface area contributed by atoms with E-state index in [9.17, 15) is 9.18 Å². The van der Waals surface area contributed by atoms with Gasteiger partial charge in [0.25, 0.3) is 5.91 Å². The van der Waals surface area contributed by atoms with Crippen LogP contribution in [0.25, 0.3) is 11.0 Å². The van der Waals surface area contributed by atoms with Crippen LogP contribution in [0.5, 0.6) is 0 Å². The average molecular weight is 403 g/mol. The number of carbonyl (C=O) groups excluding carboxylic acids is 1. The number of rotatable bonds is 4. The second kappa shape index (κ2) is 7.14. The highest BCUT2D eigenvalue weighted by Gasteiger charge is 2.10. The van der Waals surface area contributed by atoms with Crippen molar-refractivity contribution in [2.24, 2.45) is 5.10 Å². The number of amides is 1. The molecule has 1 heterocycles. The van der Waals surface area contributed by atoms with E-state index in [4.69, 9.17) is 0 Å². The molecule has 0 saturated heterocycles. The van der Waals surface area contributed by atoms with Gasteiger partial charge in [-0.2, -0.15) is 5.10 Å². The number of fused-ring (bicyclic) bond motifs is 1. The van der Waals surface area contributed by atoms with E-state index in [1.165, 1.54) is 12.3 Å². The molecule has 1 aromatic heterocycles. The molecule has 0 spiro atoms. The maximum absolute atomic E-state index is 13.6. The van der Waals surface area contributed by atoms with Crippen molar-refractivity contribution in [1.82, 2.24) is 15.0 Å². The molecule has 1 amide bonds. The summed E-state index contributed by atoms with van der Waals surface area (Å²) in [6.07, 6.45) is 1.27. The van der Waals surface area contributed by atoms with Gasteiger partial charge in [-0.1, -0.05) is 15.9 Å². The van der Waals surface area contributed by atoms with Gasteiger partial charge in [-0.15, -0.1) is 0 Å². The number of hydrogen-bond acceptors (Lipinski definition) is 3. The van der Waals surface area contributed by atoms with Crippen molar-refractivity contribution < 1.29 is 9.18 Å². The van der Waals surface area contributed by atoms with Crippen molar-refractivity contribution in [1.29, 1.82) is 0 Å². The zero-order valence-corrected chi connectivity index (χ0v) is 15.3. The summed E-state index contributed by atoms with van der Waals surface area (Å²) in [6.45, 7) is 4.79. The van der Waals surface area contributed by atoms with E-state index in [1.54, 1.807) is 24.3 Å². The van der Waals surface area contributed by atoms with Gasteiger partial charge in [0.2, 0.25) is 0 Å². The van der Waals surface area contributed by atoms with Crippen molar-refractivity contribution in [3.05, 3.63) is 63.6 Å². The number of carbonyl (C=O) groups is 1. The standard InChI is InChI=1S/C18H16BrFN4O/c1-3-24-11(2)22-16-9-12(4-7-17(16)24)18(25)23-21-10-13-8-14(19)5-6-15(13)20/h4-10H,3H2,1-2H3,(H,23,25)/b21-10-. The Morgan fingerprint density at radius 3 is 2.92 bits per heavy atom. The third kappa shape index (κ3) is 3.61. The fraction of sp³-hybridized carbons (Fsp3) is 0.167. The van der Waals surface area contributed by atoms with Crippen molar-refractivity contribution in [3.8, 4) is 0 Å². The lowest BCUT2D eigenvalue weighted by Gasteiger charge is -2.03. The first-order valence-corrected chi connectivity index (χ1v) is 8.54. The number of halogens is 2. The van der Waals surface area contributed by atoms with Gasteiger partial charge >= 0.3 is 0 Å². The van der Waals surface area contributed by atoms with Gasteiger partial charge in [0.05, 0.1) is 17.2 Å². The smallest absolute Gasteiger partial charge is 0.271 e. The molecule has 0 aliphatic carbocycles. The number of nitrogens with one attached hydrogen (secondary N) is 1. The molecule has 0 fully saturated rings. The summed E-state index contributed by atoms with van der Waals surface area (Å²) >= 11 is 3.27. The summed E-state index contributed by atoms with van der Waals surface area (Å²) in [5, 5.41) is 3.83. The van der Waals surface area contributed by atoms with Crippen LogP contribution in [-0.4, -0.2) is 21.7 Å². The highest BCUT2D eigenvalue weighted by molar-refractivity contribution is 9.10. The quantitative estimate of drug-likeness (QED) is 0.528. The van der Waals surface area contributed by atoms with Gasteiger partial charge in [-0.05, 0) is 50.2 Å². The van der Waals surface area contributed by atoms with Crippen LogP contribution >= 0.6 is 15.9 Å². The van der Waals surface area contributed by atoms with Crippen molar-refractivity contribution in [2.45, 2.75) is 20.4 Å². The molecule has 0 bridgehead atoms. The third-order valence-corrected chi connectivity index (χ3v) is 4.34. The van der Waals surface area contributed by atoms with E-state index in [1.807, 2.05) is 19.9 Å². The van der Waals surface area contributed by atoms with Gasteiger partial charge in [-0.3, -0.25) is 4.79 Å². The van der Waals surface area contributed by atoms with E-state index in [-0.39, 0.29) is 11.5 Å². The second-order valence-electron chi connectivity index (χ2n) is 5.47. The number of aryl methyl sites for hydroxylation is 2.